The molecule has 7 heteroatoms. The quantitative estimate of drug-likeness (QED) is 0.687. The summed E-state index contributed by atoms with van der Waals surface area (Å²) in [6, 6.07) is 3.73. The predicted molar refractivity (Wildman–Crippen MR) is 83.5 cm³/mol. The van der Waals surface area contributed by atoms with E-state index < -0.39 is 5.91 Å². The first-order valence-electron chi connectivity index (χ1n) is 6.40. The number of imidazole rings is 1. The summed E-state index contributed by atoms with van der Waals surface area (Å²) in [5.74, 6) is 0.811. The molecular weight excluding hydrogens is 288 g/mol. The Bertz CT molecular complexity index is 808. The summed E-state index contributed by atoms with van der Waals surface area (Å²) in [5, 5.41) is 0.713. The van der Waals surface area contributed by atoms with Crippen molar-refractivity contribution in [3.05, 3.63) is 29.4 Å². The molecule has 2 aromatic heterocycles. The van der Waals surface area contributed by atoms with Crippen LogP contribution in [0.4, 0.5) is 5.69 Å². The van der Waals surface area contributed by atoms with Crippen molar-refractivity contribution < 1.29 is 9.53 Å². The van der Waals surface area contributed by atoms with Crippen LogP contribution in [0, 0.1) is 0 Å². The highest BCUT2D eigenvalue weighted by molar-refractivity contribution is 7.22. The maximum absolute atomic E-state index is 11.5. The molecule has 0 radical (unpaired) electrons. The predicted octanol–water partition coefficient (Wildman–Crippen LogP) is 2.37. The molecule has 6 nitrogen and oxygen atoms in total. The minimum absolute atomic E-state index is 0.338. The number of nitrogens with two attached hydrogens (primary N) is 2. The second-order valence-corrected chi connectivity index (χ2v) is 5.42. The third-order valence-electron chi connectivity index (χ3n) is 3.11. The van der Waals surface area contributed by atoms with E-state index in [0.717, 1.165) is 10.3 Å². The number of benzene rings is 1. The highest BCUT2D eigenvalue weighted by atomic mass is 32.1. The zero-order chi connectivity index (χ0) is 15.0. The van der Waals surface area contributed by atoms with E-state index in [9.17, 15) is 4.79 Å². The average Bonchev–Trinajstić information content (AvgIpc) is 3.08. The van der Waals surface area contributed by atoms with Crippen LogP contribution in [0.2, 0.25) is 0 Å². The maximum Gasteiger partial charge on any atom is 0.260 e. The first-order valence-corrected chi connectivity index (χ1v) is 7.22. The number of aromatic nitrogens is 2. The Morgan fingerprint density at radius 1 is 1.48 bits per heavy atom. The van der Waals surface area contributed by atoms with Crippen LogP contribution in [0.3, 0.4) is 0 Å². The lowest BCUT2D eigenvalue weighted by molar-refractivity contribution is 0.100. The number of ether oxygens (including phenoxy) is 1. The van der Waals surface area contributed by atoms with E-state index in [4.69, 9.17) is 16.2 Å². The number of carbonyl (C=O) groups excluding carboxylic acids is 1. The van der Waals surface area contributed by atoms with Gasteiger partial charge >= 0.3 is 0 Å². The summed E-state index contributed by atoms with van der Waals surface area (Å²) in [7, 11) is 0. The number of aromatic amines is 1. The van der Waals surface area contributed by atoms with Crippen molar-refractivity contribution in [2.45, 2.75) is 6.92 Å². The first-order chi connectivity index (χ1) is 10.1. The van der Waals surface area contributed by atoms with Gasteiger partial charge in [-0.1, -0.05) is 0 Å². The molecule has 5 N–H and O–H groups in total. The summed E-state index contributed by atoms with van der Waals surface area (Å²) in [6.45, 7) is 2.40. The Morgan fingerprint density at radius 3 is 2.90 bits per heavy atom. The molecule has 2 heterocycles. The van der Waals surface area contributed by atoms with Crippen molar-refractivity contribution in [3.63, 3.8) is 0 Å². The van der Waals surface area contributed by atoms with Crippen molar-refractivity contribution in [1.29, 1.82) is 0 Å². The minimum Gasteiger partial charge on any atom is -0.493 e. The average molecular weight is 302 g/mol. The van der Waals surface area contributed by atoms with Crippen molar-refractivity contribution in [3.8, 4) is 17.1 Å². The smallest absolute Gasteiger partial charge is 0.260 e. The van der Waals surface area contributed by atoms with Crippen LogP contribution in [0.1, 0.15) is 16.6 Å². The largest absolute Gasteiger partial charge is 0.493 e. The number of nitrogens with one attached hydrogen (secondary N) is 1. The van der Waals surface area contributed by atoms with Crippen molar-refractivity contribution in [2.24, 2.45) is 5.73 Å². The van der Waals surface area contributed by atoms with Gasteiger partial charge in [-0.15, -0.1) is 11.3 Å². The fraction of sp³-hybridized carbons (Fsp3) is 0.143. The van der Waals surface area contributed by atoms with Gasteiger partial charge in [-0.05, 0) is 19.1 Å². The summed E-state index contributed by atoms with van der Waals surface area (Å²) < 4.78 is 6.44. The van der Waals surface area contributed by atoms with E-state index >= 15 is 0 Å². The highest BCUT2D eigenvalue weighted by Crippen LogP contribution is 2.43. The maximum atomic E-state index is 11.5. The van der Waals surface area contributed by atoms with Crippen LogP contribution in [-0.2, 0) is 0 Å². The number of hydrogen-bond donors (Lipinski definition) is 3. The number of H-pyrrole nitrogens is 1. The van der Waals surface area contributed by atoms with Gasteiger partial charge in [-0.25, -0.2) is 4.98 Å². The molecule has 0 aliphatic heterocycles. The molecule has 108 valence electrons. The molecule has 21 heavy (non-hydrogen) atoms. The van der Waals surface area contributed by atoms with Gasteiger partial charge in [0.25, 0.3) is 5.91 Å². The highest BCUT2D eigenvalue weighted by Gasteiger charge is 2.21. The Morgan fingerprint density at radius 2 is 2.29 bits per heavy atom. The molecule has 0 aliphatic rings. The number of hydrogen-bond acceptors (Lipinski definition) is 5. The van der Waals surface area contributed by atoms with Crippen LogP contribution in [0.25, 0.3) is 21.5 Å². The number of rotatable bonds is 4. The molecule has 3 aromatic rings. The topological polar surface area (TPSA) is 107 Å². The Labute approximate surface area is 124 Å². The van der Waals surface area contributed by atoms with Gasteiger partial charge in [0, 0.05) is 18.0 Å². The third kappa shape index (κ3) is 2.11. The Hall–Kier alpha value is -2.54. The second kappa shape index (κ2) is 5.10. The molecule has 1 aromatic carbocycles. The van der Waals surface area contributed by atoms with E-state index in [1.54, 1.807) is 12.4 Å². The SMILES string of the molecule is CCOc1ccc(-c2ncc[nH]2)c2sc(C(N)=O)c(N)c12. The molecule has 0 saturated heterocycles. The van der Waals surface area contributed by atoms with E-state index in [2.05, 4.69) is 9.97 Å². The molecule has 0 spiro atoms. The van der Waals surface area contributed by atoms with Crippen LogP contribution < -0.4 is 16.2 Å². The number of nitrogen functional groups attached to an aromatic ring is 1. The van der Waals surface area contributed by atoms with E-state index in [1.165, 1.54) is 11.3 Å². The Balaban J connectivity index is 2.35. The van der Waals surface area contributed by atoms with Crippen LogP contribution in [0.5, 0.6) is 5.75 Å². The number of primary amides is 1. The van der Waals surface area contributed by atoms with Crippen molar-refractivity contribution in [2.75, 3.05) is 12.3 Å². The number of anilines is 1. The van der Waals surface area contributed by atoms with Crippen LogP contribution in [0.15, 0.2) is 24.5 Å². The van der Waals surface area contributed by atoms with Gasteiger partial charge < -0.3 is 21.2 Å². The van der Waals surface area contributed by atoms with Crippen LogP contribution in [-0.4, -0.2) is 22.5 Å². The first kappa shape index (κ1) is 13.4. The van der Waals surface area contributed by atoms with Crippen molar-refractivity contribution in [1.82, 2.24) is 9.97 Å². The van der Waals surface area contributed by atoms with Gasteiger partial charge in [0.15, 0.2) is 0 Å². The van der Waals surface area contributed by atoms with Gasteiger partial charge in [0.05, 0.1) is 22.4 Å². The lowest BCUT2D eigenvalue weighted by Gasteiger charge is -2.08. The van der Waals surface area contributed by atoms with E-state index in [0.29, 0.717) is 34.1 Å². The molecule has 0 unspecified atom stereocenters. The fourth-order valence-electron chi connectivity index (χ4n) is 2.25. The van der Waals surface area contributed by atoms with Gasteiger partial charge in [0.1, 0.15) is 16.5 Å². The van der Waals surface area contributed by atoms with Crippen LogP contribution >= 0.6 is 11.3 Å². The fourth-order valence-corrected chi connectivity index (χ4v) is 3.36. The molecule has 1 amide bonds. The number of thiophene rings is 1. The summed E-state index contributed by atoms with van der Waals surface area (Å²) in [4.78, 5) is 19.2. The molecule has 0 aliphatic carbocycles. The second-order valence-electron chi connectivity index (χ2n) is 4.40. The summed E-state index contributed by atoms with van der Waals surface area (Å²) in [6.07, 6.45) is 3.41. The van der Waals surface area contributed by atoms with E-state index in [1.807, 2.05) is 19.1 Å². The molecule has 0 saturated carbocycles. The lowest BCUT2D eigenvalue weighted by Crippen LogP contribution is -2.10. The number of nitrogens with zero attached hydrogens (tertiary/aromatic N) is 1. The number of fused-ring (bicyclic) bond motifs is 1. The standard InChI is InChI=1S/C14H14N4O2S/c1-2-20-8-4-3-7(14-17-5-6-18-14)11-9(8)10(15)12(21-11)13(16)19/h3-6H,2,15H2,1H3,(H2,16,19)(H,17,18). The third-order valence-corrected chi connectivity index (χ3v) is 4.37. The normalized spacial score (nSPS) is 10.9. The summed E-state index contributed by atoms with van der Waals surface area (Å²) in [5.41, 5.74) is 12.7. The van der Waals surface area contributed by atoms with Gasteiger partial charge in [-0.2, -0.15) is 0 Å². The lowest BCUT2D eigenvalue weighted by atomic mass is 10.1. The van der Waals surface area contributed by atoms with E-state index in [-0.39, 0.29) is 0 Å². The molecule has 0 bridgehead atoms. The minimum atomic E-state index is -0.540. The zero-order valence-corrected chi connectivity index (χ0v) is 12.2. The molecular formula is C14H14N4O2S. The number of carbonyl (C=O) groups is 1. The molecule has 3 rings (SSSR count). The zero-order valence-electron chi connectivity index (χ0n) is 11.3. The summed E-state index contributed by atoms with van der Waals surface area (Å²) >= 11 is 1.26. The van der Waals surface area contributed by atoms with Gasteiger partial charge in [-0.3, -0.25) is 4.79 Å². The number of amides is 1. The van der Waals surface area contributed by atoms with Crippen molar-refractivity contribution >= 4 is 33.0 Å². The monoisotopic (exact) mass is 302 g/mol. The molecule has 0 fully saturated rings. The van der Waals surface area contributed by atoms with Gasteiger partial charge in [0.2, 0.25) is 0 Å². The Kier molecular flexibility index (Phi) is 3.26. The molecule has 0 atom stereocenters.